The molecule has 2 rings (SSSR count). The molecule has 0 aliphatic rings. The summed E-state index contributed by atoms with van der Waals surface area (Å²) in [6.07, 6.45) is 0. The van der Waals surface area contributed by atoms with Crippen molar-refractivity contribution in [3.63, 3.8) is 0 Å². The first-order valence-electron chi connectivity index (χ1n) is 8.54. The molecule has 0 radical (unpaired) electrons. The first-order valence-corrected chi connectivity index (χ1v) is 10.0. The Morgan fingerprint density at radius 2 is 1.38 bits per heavy atom. The second-order valence-corrected chi connectivity index (χ2v) is 8.32. The molecule has 6 heteroatoms. The molecule has 5 nitrogen and oxygen atoms in total. The molecule has 0 saturated carbocycles. The van der Waals surface area contributed by atoms with E-state index >= 15 is 0 Å². The Kier molecular flexibility index (Phi) is 6.31. The highest BCUT2D eigenvalue weighted by molar-refractivity contribution is 7.89. The number of hydrogen-bond donors (Lipinski definition) is 1. The molecular weight excluding hydrogens is 350 g/mol. The summed E-state index contributed by atoms with van der Waals surface area (Å²) in [5.74, 6) is 1.32. The van der Waals surface area contributed by atoms with E-state index < -0.39 is 10.0 Å². The molecule has 2 aromatic rings. The molecule has 1 N–H and O–H groups in total. The molecule has 0 bridgehead atoms. The Hall–Kier alpha value is -2.05. The van der Waals surface area contributed by atoms with Gasteiger partial charge in [-0.15, -0.1) is 0 Å². The maximum atomic E-state index is 12.9. The average Bonchev–Trinajstić information content (AvgIpc) is 2.60. The van der Waals surface area contributed by atoms with Gasteiger partial charge in [0.15, 0.2) is 11.5 Å². The van der Waals surface area contributed by atoms with Gasteiger partial charge in [0.25, 0.3) is 0 Å². The number of sulfonamides is 1. The molecule has 0 saturated heterocycles. The third-order valence-electron chi connectivity index (χ3n) is 4.41. The van der Waals surface area contributed by atoms with Crippen LogP contribution >= 0.6 is 0 Å². The smallest absolute Gasteiger partial charge is 0.241 e. The van der Waals surface area contributed by atoms with Gasteiger partial charge in [-0.2, -0.15) is 0 Å². The van der Waals surface area contributed by atoms with E-state index in [4.69, 9.17) is 9.47 Å². The molecule has 0 heterocycles. The summed E-state index contributed by atoms with van der Waals surface area (Å²) >= 11 is 0. The van der Waals surface area contributed by atoms with E-state index in [-0.39, 0.29) is 10.9 Å². The van der Waals surface area contributed by atoms with Crippen molar-refractivity contribution in [2.45, 2.75) is 44.6 Å². The van der Waals surface area contributed by atoms with Crippen molar-refractivity contribution in [1.82, 2.24) is 4.72 Å². The number of aryl methyl sites for hydroxylation is 1. The van der Waals surface area contributed by atoms with Crippen LogP contribution in [0.1, 0.15) is 49.4 Å². The summed E-state index contributed by atoms with van der Waals surface area (Å²) in [5.41, 5.74) is 2.73. The van der Waals surface area contributed by atoms with Gasteiger partial charge in [-0.05, 0) is 42.5 Å². The molecule has 2 aromatic carbocycles. The van der Waals surface area contributed by atoms with Gasteiger partial charge in [-0.25, -0.2) is 13.1 Å². The average molecular weight is 378 g/mol. The zero-order valence-electron chi connectivity index (χ0n) is 16.2. The minimum atomic E-state index is -3.71. The van der Waals surface area contributed by atoms with E-state index in [2.05, 4.69) is 18.6 Å². The highest BCUT2D eigenvalue weighted by Crippen LogP contribution is 2.33. The molecule has 142 valence electrons. The fraction of sp³-hybridized carbons (Fsp3) is 0.400. The van der Waals surface area contributed by atoms with Crippen LogP contribution in [0.15, 0.2) is 41.3 Å². The molecule has 0 aliphatic heterocycles. The van der Waals surface area contributed by atoms with Crippen molar-refractivity contribution in [3.8, 4) is 11.5 Å². The SMILES string of the molecule is COc1cc(C)c(S(=O)(=O)NC(C)c2ccc(C(C)C)cc2)cc1OC. The fourth-order valence-corrected chi connectivity index (χ4v) is 4.26. The van der Waals surface area contributed by atoms with Crippen LogP contribution in [0.4, 0.5) is 0 Å². The third-order valence-corrected chi connectivity index (χ3v) is 6.09. The number of benzene rings is 2. The Bertz CT molecular complexity index is 858. The molecule has 0 aromatic heterocycles. The highest BCUT2D eigenvalue weighted by Gasteiger charge is 2.23. The molecule has 0 spiro atoms. The fourth-order valence-electron chi connectivity index (χ4n) is 2.79. The van der Waals surface area contributed by atoms with Gasteiger partial charge in [-0.1, -0.05) is 38.1 Å². The van der Waals surface area contributed by atoms with Crippen LogP contribution in [0.2, 0.25) is 0 Å². The number of nitrogens with one attached hydrogen (secondary N) is 1. The topological polar surface area (TPSA) is 64.6 Å². The van der Waals surface area contributed by atoms with Crippen LogP contribution in [0.25, 0.3) is 0 Å². The number of hydrogen-bond acceptors (Lipinski definition) is 4. The van der Waals surface area contributed by atoms with E-state index in [9.17, 15) is 8.42 Å². The molecule has 1 unspecified atom stereocenters. The van der Waals surface area contributed by atoms with Gasteiger partial charge in [0.1, 0.15) is 0 Å². The Labute approximate surface area is 156 Å². The van der Waals surface area contributed by atoms with Gasteiger partial charge in [0.05, 0.1) is 19.1 Å². The molecule has 0 aliphatic carbocycles. The van der Waals surface area contributed by atoms with Crippen LogP contribution < -0.4 is 14.2 Å². The van der Waals surface area contributed by atoms with Crippen molar-refractivity contribution in [2.75, 3.05) is 14.2 Å². The van der Waals surface area contributed by atoms with E-state index in [0.29, 0.717) is 23.0 Å². The maximum absolute atomic E-state index is 12.9. The van der Waals surface area contributed by atoms with Crippen molar-refractivity contribution in [3.05, 3.63) is 53.1 Å². The van der Waals surface area contributed by atoms with Gasteiger partial charge in [-0.3, -0.25) is 0 Å². The van der Waals surface area contributed by atoms with Gasteiger partial charge >= 0.3 is 0 Å². The predicted octanol–water partition coefficient (Wildman–Crippen LogP) is 4.18. The maximum Gasteiger partial charge on any atom is 0.241 e. The summed E-state index contributed by atoms with van der Waals surface area (Å²) in [5, 5.41) is 0. The van der Waals surface area contributed by atoms with Gasteiger partial charge in [0, 0.05) is 12.1 Å². The van der Waals surface area contributed by atoms with E-state index in [1.54, 1.807) is 13.0 Å². The molecule has 1 atom stereocenters. The molecular formula is C20H27NO4S. The second kappa shape index (κ2) is 8.10. The number of rotatable bonds is 7. The predicted molar refractivity (Wildman–Crippen MR) is 104 cm³/mol. The lowest BCUT2D eigenvalue weighted by Gasteiger charge is -2.18. The van der Waals surface area contributed by atoms with Crippen LogP contribution in [0, 0.1) is 6.92 Å². The molecule has 0 amide bonds. The third kappa shape index (κ3) is 4.37. The zero-order chi connectivity index (χ0) is 19.5. The van der Waals surface area contributed by atoms with Crippen molar-refractivity contribution >= 4 is 10.0 Å². The Morgan fingerprint density at radius 1 is 0.885 bits per heavy atom. The first-order chi connectivity index (χ1) is 12.2. The van der Waals surface area contributed by atoms with Crippen LogP contribution in [0.5, 0.6) is 11.5 Å². The summed E-state index contributed by atoms with van der Waals surface area (Å²) in [6.45, 7) is 7.82. The quantitative estimate of drug-likeness (QED) is 0.786. The number of methoxy groups -OCH3 is 2. The van der Waals surface area contributed by atoms with Crippen molar-refractivity contribution < 1.29 is 17.9 Å². The lowest BCUT2D eigenvalue weighted by Crippen LogP contribution is -2.27. The summed E-state index contributed by atoms with van der Waals surface area (Å²) in [6, 6.07) is 10.8. The normalized spacial score (nSPS) is 12.9. The van der Waals surface area contributed by atoms with Gasteiger partial charge in [0.2, 0.25) is 10.0 Å². The zero-order valence-corrected chi connectivity index (χ0v) is 17.0. The van der Waals surface area contributed by atoms with Crippen molar-refractivity contribution in [2.24, 2.45) is 0 Å². The van der Waals surface area contributed by atoms with Gasteiger partial charge < -0.3 is 9.47 Å². The molecule has 0 fully saturated rings. The highest BCUT2D eigenvalue weighted by atomic mass is 32.2. The largest absolute Gasteiger partial charge is 0.493 e. The van der Waals surface area contributed by atoms with Crippen LogP contribution in [0.3, 0.4) is 0 Å². The van der Waals surface area contributed by atoms with E-state index in [0.717, 1.165) is 5.56 Å². The molecule has 26 heavy (non-hydrogen) atoms. The summed E-state index contributed by atoms with van der Waals surface area (Å²) in [7, 11) is -0.705. The number of ether oxygens (including phenoxy) is 2. The minimum absolute atomic E-state index is 0.181. The summed E-state index contributed by atoms with van der Waals surface area (Å²) < 4.78 is 38.9. The van der Waals surface area contributed by atoms with Crippen LogP contribution in [-0.2, 0) is 10.0 Å². The summed E-state index contributed by atoms with van der Waals surface area (Å²) in [4.78, 5) is 0.181. The lowest BCUT2D eigenvalue weighted by atomic mass is 10.00. The van der Waals surface area contributed by atoms with E-state index in [1.807, 2.05) is 31.2 Å². The van der Waals surface area contributed by atoms with E-state index in [1.165, 1.54) is 25.8 Å². The first kappa shape index (κ1) is 20.3. The minimum Gasteiger partial charge on any atom is -0.493 e. The van der Waals surface area contributed by atoms with Crippen LogP contribution in [-0.4, -0.2) is 22.6 Å². The Morgan fingerprint density at radius 3 is 1.88 bits per heavy atom. The Balaban J connectivity index is 2.30. The lowest BCUT2D eigenvalue weighted by molar-refractivity contribution is 0.353. The monoisotopic (exact) mass is 377 g/mol. The second-order valence-electron chi connectivity index (χ2n) is 6.64. The van der Waals surface area contributed by atoms with Crippen molar-refractivity contribution in [1.29, 1.82) is 0 Å². The standard InChI is InChI=1S/C20H27NO4S/c1-13(2)16-7-9-17(10-8-16)15(4)21-26(22,23)20-12-19(25-6)18(24-5)11-14(20)3/h7-13,15,21H,1-6H3.